The molecule has 0 bridgehead atoms. The first-order valence-corrected chi connectivity index (χ1v) is 8.04. The molecule has 132 valence electrons. The average molecular weight is 346 g/mol. The molecule has 6 heteroatoms. The van der Waals surface area contributed by atoms with Gasteiger partial charge in [-0.05, 0) is 50.3 Å². The van der Waals surface area contributed by atoms with E-state index in [0.29, 0.717) is 23.1 Å². The second-order valence-corrected chi connectivity index (χ2v) is 6.03. The fourth-order valence-corrected chi connectivity index (χ4v) is 2.81. The molecule has 3 N–H and O–H groups in total. The monoisotopic (exact) mass is 346 g/mol. The summed E-state index contributed by atoms with van der Waals surface area (Å²) in [5, 5.41) is 9.58. The summed E-state index contributed by atoms with van der Waals surface area (Å²) in [7, 11) is 0. The van der Waals surface area contributed by atoms with Gasteiger partial charge in [0.05, 0.1) is 0 Å². The third-order valence-corrected chi connectivity index (χ3v) is 3.82. The molecule has 1 aliphatic rings. The van der Waals surface area contributed by atoms with E-state index in [1.54, 1.807) is 40.1 Å². The number of allylic oxidation sites excluding steroid dienone is 4. The number of aromatic hydroxyl groups is 1. The Morgan fingerprint density at radius 3 is 2.54 bits per heavy atom. The number of nitrogens with zero attached hydrogens (tertiary/aromatic N) is 4. The predicted octanol–water partition coefficient (Wildman–Crippen LogP) is 4.03. The topological polar surface area (TPSA) is 78.5 Å². The lowest BCUT2D eigenvalue weighted by Gasteiger charge is -2.31. The SMILES string of the molecule is [CH-]=C1N(/C(C=C(C)C)=C/C=C)c2ncnc(N)c2N1c1ccc(O)cc1. The van der Waals surface area contributed by atoms with Crippen molar-refractivity contribution in [2.75, 3.05) is 15.5 Å². The van der Waals surface area contributed by atoms with Gasteiger partial charge in [-0.25, -0.2) is 9.97 Å². The van der Waals surface area contributed by atoms with Crippen LogP contribution in [0.1, 0.15) is 13.8 Å². The van der Waals surface area contributed by atoms with Gasteiger partial charge in [0, 0.05) is 11.4 Å². The van der Waals surface area contributed by atoms with Crippen molar-refractivity contribution >= 4 is 23.0 Å². The molecule has 0 radical (unpaired) electrons. The Balaban J connectivity index is 2.21. The Morgan fingerprint density at radius 2 is 1.92 bits per heavy atom. The summed E-state index contributed by atoms with van der Waals surface area (Å²) in [6.45, 7) is 14.3. The number of phenols is 1. The fraction of sp³-hybridized carbons (Fsp3) is 0.100. The van der Waals surface area contributed by atoms with E-state index in [2.05, 4.69) is 16.5 Å². The maximum Gasteiger partial charge on any atom is 0.166 e. The van der Waals surface area contributed by atoms with E-state index in [-0.39, 0.29) is 5.75 Å². The van der Waals surface area contributed by atoms with Crippen molar-refractivity contribution in [3.8, 4) is 5.75 Å². The third-order valence-electron chi connectivity index (χ3n) is 3.82. The molecule has 1 aromatic carbocycles. The van der Waals surface area contributed by atoms with Gasteiger partial charge in [-0.3, -0.25) is 0 Å². The number of nitrogen functional groups attached to an aromatic ring is 1. The molecule has 0 amide bonds. The van der Waals surface area contributed by atoms with Crippen molar-refractivity contribution < 1.29 is 5.11 Å². The molecule has 1 aromatic heterocycles. The van der Waals surface area contributed by atoms with Crippen LogP contribution < -0.4 is 15.5 Å². The fourth-order valence-electron chi connectivity index (χ4n) is 2.81. The van der Waals surface area contributed by atoms with Crippen LogP contribution in [-0.4, -0.2) is 15.1 Å². The van der Waals surface area contributed by atoms with Crippen molar-refractivity contribution in [1.29, 1.82) is 0 Å². The number of nitrogens with two attached hydrogens (primary N) is 1. The number of rotatable bonds is 4. The zero-order chi connectivity index (χ0) is 18.8. The largest absolute Gasteiger partial charge is 0.508 e. The average Bonchev–Trinajstić information content (AvgIpc) is 2.88. The summed E-state index contributed by atoms with van der Waals surface area (Å²) < 4.78 is 0. The van der Waals surface area contributed by atoms with Crippen LogP contribution in [0.5, 0.6) is 5.75 Å². The van der Waals surface area contributed by atoms with Gasteiger partial charge in [0.2, 0.25) is 0 Å². The van der Waals surface area contributed by atoms with Crippen LogP contribution in [0.2, 0.25) is 0 Å². The molecule has 0 saturated carbocycles. The van der Waals surface area contributed by atoms with Gasteiger partial charge in [0.1, 0.15) is 17.8 Å². The quantitative estimate of drug-likeness (QED) is 0.643. The maximum absolute atomic E-state index is 9.58. The normalized spacial score (nSPS) is 13.6. The van der Waals surface area contributed by atoms with E-state index >= 15 is 0 Å². The van der Waals surface area contributed by atoms with Gasteiger partial charge in [0.25, 0.3) is 0 Å². The van der Waals surface area contributed by atoms with E-state index in [1.165, 1.54) is 6.33 Å². The van der Waals surface area contributed by atoms with Gasteiger partial charge in [-0.2, -0.15) is 0 Å². The van der Waals surface area contributed by atoms with Crippen molar-refractivity contribution in [1.82, 2.24) is 9.97 Å². The number of hydrogen-bond donors (Lipinski definition) is 2. The van der Waals surface area contributed by atoms with Crippen LogP contribution >= 0.6 is 0 Å². The van der Waals surface area contributed by atoms with Crippen molar-refractivity contribution in [2.24, 2.45) is 0 Å². The lowest BCUT2D eigenvalue weighted by Crippen LogP contribution is -2.24. The molecular weight excluding hydrogens is 326 g/mol. The zero-order valence-corrected chi connectivity index (χ0v) is 14.7. The number of benzene rings is 1. The number of anilines is 4. The van der Waals surface area contributed by atoms with E-state index < -0.39 is 0 Å². The van der Waals surface area contributed by atoms with Gasteiger partial charge in [0.15, 0.2) is 11.6 Å². The lowest BCUT2D eigenvalue weighted by molar-refractivity contribution is 0.475. The summed E-state index contributed by atoms with van der Waals surface area (Å²) in [5.74, 6) is 1.46. The van der Waals surface area contributed by atoms with Crippen LogP contribution in [0.15, 0.2) is 72.5 Å². The molecule has 0 aliphatic carbocycles. The Kier molecular flexibility index (Phi) is 4.49. The molecule has 2 aromatic rings. The number of phenolic OH excluding ortho intramolecular Hbond substituents is 1. The molecule has 1 aliphatic heterocycles. The molecular formula is C20H20N5O-. The van der Waals surface area contributed by atoms with Crippen molar-refractivity contribution in [3.63, 3.8) is 0 Å². The van der Waals surface area contributed by atoms with Crippen molar-refractivity contribution in [3.05, 3.63) is 79.1 Å². The molecule has 0 saturated heterocycles. The van der Waals surface area contributed by atoms with Crippen LogP contribution in [0.3, 0.4) is 0 Å². The molecule has 0 spiro atoms. The molecule has 0 atom stereocenters. The minimum absolute atomic E-state index is 0.165. The Morgan fingerprint density at radius 1 is 1.23 bits per heavy atom. The smallest absolute Gasteiger partial charge is 0.166 e. The number of fused-ring (bicyclic) bond motifs is 1. The molecule has 3 rings (SSSR count). The van der Waals surface area contributed by atoms with E-state index in [4.69, 9.17) is 12.3 Å². The summed E-state index contributed by atoms with van der Waals surface area (Å²) >= 11 is 0. The summed E-state index contributed by atoms with van der Waals surface area (Å²) in [6, 6.07) is 6.67. The highest BCUT2D eigenvalue weighted by atomic mass is 16.3. The maximum atomic E-state index is 9.58. The minimum Gasteiger partial charge on any atom is -0.508 e. The van der Waals surface area contributed by atoms with Crippen LogP contribution in [0, 0.1) is 6.58 Å². The standard InChI is InChI=1S/C20H20N5O/c1-5-6-16(11-13(2)3)25-14(4)24(15-7-9-17(26)10-8-15)18-19(21)22-12-23-20(18)25/h4-12,26H,1H2,2-3H3,(H2,21,22,23)/q-1/b16-6+. The molecule has 26 heavy (non-hydrogen) atoms. The summed E-state index contributed by atoms with van der Waals surface area (Å²) in [4.78, 5) is 12.1. The Hall–Kier alpha value is -3.54. The first kappa shape index (κ1) is 17.3. The molecule has 6 nitrogen and oxygen atoms in total. The number of aromatic nitrogens is 2. The van der Waals surface area contributed by atoms with Crippen LogP contribution in [0.4, 0.5) is 23.0 Å². The first-order chi connectivity index (χ1) is 12.4. The second kappa shape index (κ2) is 6.76. The van der Waals surface area contributed by atoms with E-state index in [9.17, 15) is 5.11 Å². The van der Waals surface area contributed by atoms with Gasteiger partial charge < -0.3 is 27.2 Å². The molecule has 0 fully saturated rings. The zero-order valence-electron chi connectivity index (χ0n) is 14.7. The first-order valence-electron chi connectivity index (χ1n) is 8.04. The highest BCUT2D eigenvalue weighted by Crippen LogP contribution is 2.48. The molecule has 2 heterocycles. The third kappa shape index (κ3) is 2.93. The van der Waals surface area contributed by atoms with Crippen LogP contribution in [0.25, 0.3) is 0 Å². The lowest BCUT2D eigenvalue weighted by atomic mass is 10.2. The Bertz CT molecular complexity index is 924. The predicted molar refractivity (Wildman–Crippen MR) is 105 cm³/mol. The molecule has 0 unspecified atom stereocenters. The second-order valence-electron chi connectivity index (χ2n) is 6.03. The van der Waals surface area contributed by atoms with E-state index in [0.717, 1.165) is 17.0 Å². The van der Waals surface area contributed by atoms with Gasteiger partial charge in [-0.15, -0.1) is 0 Å². The van der Waals surface area contributed by atoms with Crippen LogP contribution in [-0.2, 0) is 0 Å². The van der Waals surface area contributed by atoms with Gasteiger partial charge >= 0.3 is 0 Å². The summed E-state index contributed by atoms with van der Waals surface area (Å²) in [6.07, 6.45) is 6.93. The van der Waals surface area contributed by atoms with Gasteiger partial charge in [-0.1, -0.05) is 24.0 Å². The Labute approximate surface area is 152 Å². The highest BCUT2D eigenvalue weighted by molar-refractivity contribution is 5.93. The number of hydrogen-bond acceptors (Lipinski definition) is 6. The van der Waals surface area contributed by atoms with E-state index in [1.807, 2.05) is 26.0 Å². The highest BCUT2D eigenvalue weighted by Gasteiger charge is 2.32. The minimum atomic E-state index is 0.165. The summed E-state index contributed by atoms with van der Waals surface area (Å²) in [5.41, 5.74) is 9.36. The van der Waals surface area contributed by atoms with Crippen molar-refractivity contribution in [2.45, 2.75) is 13.8 Å².